The molecule has 3 rings (SSSR count). The molecule has 1 aliphatic carbocycles. The lowest BCUT2D eigenvalue weighted by Crippen LogP contribution is -2.30. The van der Waals surface area contributed by atoms with Crippen molar-refractivity contribution < 1.29 is 4.74 Å². The number of rotatable bonds is 4. The molecule has 0 bridgehead atoms. The average molecular weight is 287 g/mol. The van der Waals surface area contributed by atoms with Crippen molar-refractivity contribution in [3.05, 3.63) is 29.3 Å². The third kappa shape index (κ3) is 3.60. The van der Waals surface area contributed by atoms with Crippen molar-refractivity contribution in [2.24, 2.45) is 0 Å². The maximum Gasteiger partial charge on any atom is 0.125 e. The van der Waals surface area contributed by atoms with Crippen LogP contribution in [0.2, 0.25) is 0 Å². The van der Waals surface area contributed by atoms with Gasteiger partial charge in [0.05, 0.1) is 6.61 Å². The Labute approximate surface area is 129 Å². The predicted octanol–water partition coefficient (Wildman–Crippen LogP) is 4.43. The van der Waals surface area contributed by atoms with E-state index in [9.17, 15) is 0 Å². The summed E-state index contributed by atoms with van der Waals surface area (Å²) in [6.07, 6.45) is 10.3. The van der Waals surface area contributed by atoms with Crippen LogP contribution < -0.4 is 10.1 Å². The van der Waals surface area contributed by atoms with E-state index in [4.69, 9.17) is 4.74 Å². The van der Waals surface area contributed by atoms with Crippen molar-refractivity contribution in [2.75, 3.05) is 13.2 Å². The van der Waals surface area contributed by atoms with E-state index in [1.807, 2.05) is 0 Å². The summed E-state index contributed by atoms with van der Waals surface area (Å²) in [5.41, 5.74) is 2.92. The van der Waals surface area contributed by atoms with E-state index in [1.165, 1.54) is 68.2 Å². The van der Waals surface area contributed by atoms with Gasteiger partial charge >= 0.3 is 0 Å². The first-order valence-electron chi connectivity index (χ1n) is 8.86. The van der Waals surface area contributed by atoms with Gasteiger partial charge in [-0.05, 0) is 62.1 Å². The second kappa shape index (κ2) is 7.31. The van der Waals surface area contributed by atoms with E-state index in [1.54, 1.807) is 0 Å². The van der Waals surface area contributed by atoms with Crippen LogP contribution >= 0.6 is 0 Å². The molecule has 0 radical (unpaired) electrons. The van der Waals surface area contributed by atoms with Crippen molar-refractivity contribution in [1.29, 1.82) is 0 Å². The number of nitrogens with one attached hydrogen (secondary N) is 1. The highest BCUT2D eigenvalue weighted by Gasteiger charge is 2.25. The highest BCUT2D eigenvalue weighted by atomic mass is 16.5. The van der Waals surface area contributed by atoms with Crippen molar-refractivity contribution in [3.8, 4) is 5.75 Å². The summed E-state index contributed by atoms with van der Waals surface area (Å²) in [4.78, 5) is 0. The fraction of sp³-hybridized carbons (Fsp3) is 0.684. The molecule has 1 fully saturated rings. The van der Waals surface area contributed by atoms with Crippen LogP contribution in [-0.2, 0) is 6.42 Å². The fourth-order valence-corrected chi connectivity index (χ4v) is 3.91. The highest BCUT2D eigenvalue weighted by molar-refractivity contribution is 5.44. The van der Waals surface area contributed by atoms with E-state index in [-0.39, 0.29) is 0 Å². The Morgan fingerprint density at radius 1 is 1.19 bits per heavy atom. The highest BCUT2D eigenvalue weighted by Crippen LogP contribution is 2.39. The summed E-state index contributed by atoms with van der Waals surface area (Å²) in [7, 11) is 0. The van der Waals surface area contributed by atoms with Gasteiger partial charge in [0.25, 0.3) is 0 Å². The van der Waals surface area contributed by atoms with Crippen LogP contribution in [0.4, 0.5) is 0 Å². The zero-order valence-corrected chi connectivity index (χ0v) is 13.4. The molecule has 21 heavy (non-hydrogen) atoms. The van der Waals surface area contributed by atoms with Gasteiger partial charge in [0.1, 0.15) is 5.75 Å². The molecule has 116 valence electrons. The van der Waals surface area contributed by atoms with Gasteiger partial charge in [0, 0.05) is 6.04 Å². The van der Waals surface area contributed by atoms with Crippen LogP contribution in [0.3, 0.4) is 0 Å². The molecule has 2 aliphatic rings. The van der Waals surface area contributed by atoms with Crippen molar-refractivity contribution >= 4 is 0 Å². The molecule has 2 unspecified atom stereocenters. The normalized spacial score (nSPS) is 25.8. The molecule has 1 aromatic carbocycles. The van der Waals surface area contributed by atoms with Gasteiger partial charge in [-0.3, -0.25) is 0 Å². The van der Waals surface area contributed by atoms with E-state index in [0.29, 0.717) is 12.0 Å². The fourth-order valence-electron chi connectivity index (χ4n) is 3.91. The summed E-state index contributed by atoms with van der Waals surface area (Å²) in [5, 5.41) is 3.75. The molecular formula is C19H29NO. The van der Waals surface area contributed by atoms with Crippen LogP contribution in [0.25, 0.3) is 0 Å². The molecule has 2 atom stereocenters. The van der Waals surface area contributed by atoms with Crippen LogP contribution in [0.1, 0.15) is 68.9 Å². The lowest BCUT2D eigenvalue weighted by Gasteiger charge is -2.26. The van der Waals surface area contributed by atoms with Crippen molar-refractivity contribution in [1.82, 2.24) is 5.32 Å². The smallest absolute Gasteiger partial charge is 0.125 e. The molecule has 1 saturated carbocycles. The van der Waals surface area contributed by atoms with Crippen molar-refractivity contribution in [3.63, 3.8) is 0 Å². The number of benzene rings is 1. The van der Waals surface area contributed by atoms with Crippen LogP contribution in [-0.4, -0.2) is 19.2 Å². The van der Waals surface area contributed by atoms with E-state index < -0.39 is 0 Å². The predicted molar refractivity (Wildman–Crippen MR) is 88.2 cm³/mol. The van der Waals surface area contributed by atoms with Crippen molar-refractivity contribution in [2.45, 2.75) is 70.3 Å². The molecule has 0 aromatic heterocycles. The Hall–Kier alpha value is -1.02. The number of aryl methyl sites for hydroxylation is 1. The zero-order chi connectivity index (χ0) is 14.5. The molecule has 1 aromatic rings. The molecule has 2 nitrogen and oxygen atoms in total. The van der Waals surface area contributed by atoms with E-state index in [0.717, 1.165) is 13.2 Å². The SMILES string of the molecule is CCCNC1CCCCC(c2cccc3c2OCCC3)C1. The third-order valence-corrected chi connectivity index (χ3v) is 5.01. The van der Waals surface area contributed by atoms with E-state index >= 15 is 0 Å². The van der Waals surface area contributed by atoms with Gasteiger partial charge in [-0.1, -0.05) is 38.0 Å². The summed E-state index contributed by atoms with van der Waals surface area (Å²) < 4.78 is 6.04. The number of fused-ring (bicyclic) bond motifs is 1. The van der Waals surface area contributed by atoms with Gasteiger partial charge in [-0.25, -0.2) is 0 Å². The summed E-state index contributed by atoms with van der Waals surface area (Å²) >= 11 is 0. The molecule has 0 saturated heterocycles. The van der Waals surface area contributed by atoms with Crippen LogP contribution in [0, 0.1) is 0 Å². The van der Waals surface area contributed by atoms with Gasteiger partial charge < -0.3 is 10.1 Å². The number of hydrogen-bond donors (Lipinski definition) is 1. The largest absolute Gasteiger partial charge is 0.493 e. The lowest BCUT2D eigenvalue weighted by atomic mass is 9.87. The third-order valence-electron chi connectivity index (χ3n) is 5.01. The minimum atomic E-state index is 0.676. The second-order valence-electron chi connectivity index (χ2n) is 6.66. The Morgan fingerprint density at radius 3 is 3.00 bits per heavy atom. The molecule has 1 heterocycles. The molecule has 1 aliphatic heterocycles. The molecule has 0 spiro atoms. The number of ether oxygens (including phenoxy) is 1. The minimum absolute atomic E-state index is 0.676. The molecule has 0 amide bonds. The standard InChI is InChI=1S/C19H29NO/c1-2-12-20-17-10-4-3-7-16(14-17)18-11-5-8-15-9-6-13-21-19(15)18/h5,8,11,16-17,20H,2-4,6-7,9-10,12-14H2,1H3. The summed E-state index contributed by atoms with van der Waals surface area (Å²) in [5.74, 6) is 1.90. The molecule has 2 heteroatoms. The van der Waals surface area contributed by atoms with Crippen LogP contribution in [0.15, 0.2) is 18.2 Å². The first-order chi connectivity index (χ1) is 10.4. The average Bonchev–Trinajstić information content (AvgIpc) is 2.78. The monoisotopic (exact) mass is 287 g/mol. The Balaban J connectivity index is 1.78. The van der Waals surface area contributed by atoms with Crippen LogP contribution in [0.5, 0.6) is 5.75 Å². The Bertz CT molecular complexity index is 457. The second-order valence-corrected chi connectivity index (χ2v) is 6.66. The van der Waals surface area contributed by atoms with Gasteiger partial charge in [-0.2, -0.15) is 0 Å². The number of para-hydroxylation sites is 1. The molecular weight excluding hydrogens is 258 g/mol. The maximum atomic E-state index is 6.04. The Morgan fingerprint density at radius 2 is 2.10 bits per heavy atom. The first-order valence-corrected chi connectivity index (χ1v) is 8.86. The molecule has 1 N–H and O–H groups in total. The van der Waals surface area contributed by atoms with Gasteiger partial charge in [0.2, 0.25) is 0 Å². The summed E-state index contributed by atoms with van der Waals surface area (Å²) in [6.45, 7) is 4.30. The first kappa shape index (κ1) is 14.9. The Kier molecular flexibility index (Phi) is 5.18. The van der Waals surface area contributed by atoms with Gasteiger partial charge in [-0.15, -0.1) is 0 Å². The zero-order valence-electron chi connectivity index (χ0n) is 13.4. The summed E-state index contributed by atoms with van der Waals surface area (Å²) in [6, 6.07) is 7.50. The van der Waals surface area contributed by atoms with E-state index in [2.05, 4.69) is 30.4 Å². The number of hydrogen-bond acceptors (Lipinski definition) is 2. The quantitative estimate of drug-likeness (QED) is 0.827. The maximum absolute atomic E-state index is 6.04. The lowest BCUT2D eigenvalue weighted by molar-refractivity contribution is 0.281. The van der Waals surface area contributed by atoms with Gasteiger partial charge in [0.15, 0.2) is 0 Å². The minimum Gasteiger partial charge on any atom is -0.493 e. The topological polar surface area (TPSA) is 21.3 Å².